The molecule has 0 saturated heterocycles. The van der Waals surface area contributed by atoms with Crippen LogP contribution in [0.15, 0.2) is 18.2 Å². The molecule has 0 spiro atoms. The van der Waals surface area contributed by atoms with Crippen LogP contribution in [0.1, 0.15) is 37.1 Å². The first-order valence-electron chi connectivity index (χ1n) is 5.93. The molecule has 2 aromatic rings. The van der Waals surface area contributed by atoms with Crippen molar-refractivity contribution in [3.63, 3.8) is 0 Å². The number of hydrogen-bond acceptors (Lipinski definition) is 2. The van der Waals surface area contributed by atoms with Crippen LogP contribution in [0.2, 0.25) is 0 Å². The lowest BCUT2D eigenvalue weighted by Gasteiger charge is -2.29. The van der Waals surface area contributed by atoms with Crippen molar-refractivity contribution in [2.24, 2.45) is 0 Å². The van der Waals surface area contributed by atoms with Gasteiger partial charge in [-0.2, -0.15) is 0 Å². The molecule has 3 nitrogen and oxygen atoms in total. The van der Waals surface area contributed by atoms with Gasteiger partial charge in [-0.25, -0.2) is 4.98 Å². The van der Waals surface area contributed by atoms with E-state index in [2.05, 4.69) is 35.1 Å². The predicted octanol–water partition coefficient (Wildman–Crippen LogP) is 2.36. The molecule has 1 aromatic carbocycles. The SMILES string of the molecule is CCc1ccc2nc(C3CC(O)C3)[nH]c2c1. The molecule has 0 unspecified atom stereocenters. The quantitative estimate of drug-likeness (QED) is 0.809. The zero-order valence-corrected chi connectivity index (χ0v) is 9.40. The zero-order valence-electron chi connectivity index (χ0n) is 9.40. The number of hydrogen-bond donors (Lipinski definition) is 2. The number of fused-ring (bicyclic) bond motifs is 1. The van der Waals surface area contributed by atoms with E-state index in [0.29, 0.717) is 5.92 Å². The number of rotatable bonds is 2. The number of aliphatic hydroxyl groups excluding tert-OH is 1. The topological polar surface area (TPSA) is 48.9 Å². The fraction of sp³-hybridized carbons (Fsp3) is 0.462. The smallest absolute Gasteiger partial charge is 0.110 e. The molecular formula is C13H16N2O. The van der Waals surface area contributed by atoms with E-state index in [4.69, 9.17) is 0 Å². The van der Waals surface area contributed by atoms with Crippen LogP contribution in [0.25, 0.3) is 11.0 Å². The lowest BCUT2D eigenvalue weighted by Crippen LogP contribution is -2.27. The van der Waals surface area contributed by atoms with Crippen molar-refractivity contribution in [1.29, 1.82) is 0 Å². The molecule has 1 aliphatic carbocycles. The first-order valence-corrected chi connectivity index (χ1v) is 5.93. The third-order valence-corrected chi connectivity index (χ3v) is 3.47. The summed E-state index contributed by atoms with van der Waals surface area (Å²) in [5.41, 5.74) is 3.49. The number of imidazole rings is 1. The van der Waals surface area contributed by atoms with Crippen LogP contribution in [0.3, 0.4) is 0 Å². The molecule has 0 bridgehead atoms. The summed E-state index contributed by atoms with van der Waals surface area (Å²) in [6, 6.07) is 6.37. The second-order valence-corrected chi connectivity index (χ2v) is 4.65. The number of H-pyrrole nitrogens is 1. The third-order valence-electron chi connectivity index (χ3n) is 3.47. The fourth-order valence-electron chi connectivity index (χ4n) is 2.30. The van der Waals surface area contributed by atoms with Crippen molar-refractivity contribution in [2.75, 3.05) is 0 Å². The molecule has 1 aliphatic rings. The van der Waals surface area contributed by atoms with Crippen LogP contribution in [0.4, 0.5) is 0 Å². The minimum absolute atomic E-state index is 0.121. The average molecular weight is 216 g/mol. The normalized spacial score (nSPS) is 24.6. The van der Waals surface area contributed by atoms with Gasteiger partial charge in [0.1, 0.15) is 5.82 Å². The lowest BCUT2D eigenvalue weighted by molar-refractivity contribution is 0.0720. The van der Waals surface area contributed by atoms with Gasteiger partial charge in [-0.05, 0) is 37.0 Å². The van der Waals surface area contributed by atoms with E-state index in [-0.39, 0.29) is 6.10 Å². The summed E-state index contributed by atoms with van der Waals surface area (Å²) < 4.78 is 0. The summed E-state index contributed by atoms with van der Waals surface area (Å²) in [6.07, 6.45) is 2.62. The fourth-order valence-corrected chi connectivity index (χ4v) is 2.30. The standard InChI is InChI=1S/C13H16N2O/c1-2-8-3-4-11-12(5-8)15-13(14-11)9-6-10(16)7-9/h3-5,9-10,16H,2,6-7H2,1H3,(H,14,15). The number of aromatic amines is 1. The molecule has 0 atom stereocenters. The first kappa shape index (κ1) is 9.85. The summed E-state index contributed by atoms with van der Waals surface area (Å²) in [5.74, 6) is 1.46. The number of benzene rings is 1. The van der Waals surface area contributed by atoms with Crippen LogP contribution < -0.4 is 0 Å². The zero-order chi connectivity index (χ0) is 11.1. The number of aromatic nitrogens is 2. The van der Waals surface area contributed by atoms with E-state index in [1.165, 1.54) is 5.56 Å². The highest BCUT2D eigenvalue weighted by Crippen LogP contribution is 2.35. The molecule has 3 heteroatoms. The van der Waals surface area contributed by atoms with E-state index in [0.717, 1.165) is 36.1 Å². The van der Waals surface area contributed by atoms with Crippen LogP contribution in [-0.4, -0.2) is 21.2 Å². The van der Waals surface area contributed by atoms with Gasteiger partial charge in [0.2, 0.25) is 0 Å². The van der Waals surface area contributed by atoms with Gasteiger partial charge >= 0.3 is 0 Å². The summed E-state index contributed by atoms with van der Waals surface area (Å²) in [4.78, 5) is 7.95. The molecule has 1 fully saturated rings. The van der Waals surface area contributed by atoms with Crippen LogP contribution in [-0.2, 0) is 6.42 Å². The Kier molecular flexibility index (Phi) is 2.21. The first-order chi connectivity index (χ1) is 7.76. The molecular weight excluding hydrogens is 200 g/mol. The summed E-state index contributed by atoms with van der Waals surface area (Å²) in [5, 5.41) is 9.30. The van der Waals surface area contributed by atoms with Crippen molar-refractivity contribution in [2.45, 2.75) is 38.2 Å². The van der Waals surface area contributed by atoms with Crippen molar-refractivity contribution >= 4 is 11.0 Å². The van der Waals surface area contributed by atoms with E-state index in [1.807, 2.05) is 0 Å². The highest BCUT2D eigenvalue weighted by Gasteiger charge is 2.30. The highest BCUT2D eigenvalue weighted by molar-refractivity contribution is 5.76. The Morgan fingerprint density at radius 2 is 2.25 bits per heavy atom. The maximum atomic E-state index is 9.30. The molecule has 16 heavy (non-hydrogen) atoms. The van der Waals surface area contributed by atoms with Crippen molar-refractivity contribution in [3.8, 4) is 0 Å². The third kappa shape index (κ3) is 1.52. The molecule has 3 rings (SSSR count). The largest absolute Gasteiger partial charge is 0.393 e. The van der Waals surface area contributed by atoms with E-state index < -0.39 is 0 Å². The second kappa shape index (κ2) is 3.59. The van der Waals surface area contributed by atoms with Gasteiger partial charge in [0, 0.05) is 5.92 Å². The Labute approximate surface area is 94.5 Å². The lowest BCUT2D eigenvalue weighted by atomic mass is 9.82. The Balaban J connectivity index is 1.96. The number of aliphatic hydroxyl groups is 1. The molecule has 0 aliphatic heterocycles. The van der Waals surface area contributed by atoms with Gasteiger partial charge in [0.05, 0.1) is 17.1 Å². The molecule has 1 aromatic heterocycles. The van der Waals surface area contributed by atoms with Crippen LogP contribution >= 0.6 is 0 Å². The maximum absolute atomic E-state index is 9.30. The van der Waals surface area contributed by atoms with E-state index in [9.17, 15) is 5.11 Å². The molecule has 1 saturated carbocycles. The summed E-state index contributed by atoms with van der Waals surface area (Å²) in [7, 11) is 0. The van der Waals surface area contributed by atoms with Gasteiger partial charge in [-0.15, -0.1) is 0 Å². The van der Waals surface area contributed by atoms with E-state index >= 15 is 0 Å². The van der Waals surface area contributed by atoms with Gasteiger partial charge in [-0.3, -0.25) is 0 Å². The maximum Gasteiger partial charge on any atom is 0.110 e. The molecule has 0 radical (unpaired) electrons. The van der Waals surface area contributed by atoms with Crippen molar-refractivity contribution in [1.82, 2.24) is 9.97 Å². The Morgan fingerprint density at radius 3 is 2.94 bits per heavy atom. The second-order valence-electron chi connectivity index (χ2n) is 4.65. The van der Waals surface area contributed by atoms with Gasteiger partial charge in [0.15, 0.2) is 0 Å². The van der Waals surface area contributed by atoms with Crippen molar-refractivity contribution in [3.05, 3.63) is 29.6 Å². The molecule has 0 amide bonds. The average Bonchev–Trinajstić information content (AvgIpc) is 2.66. The van der Waals surface area contributed by atoms with Gasteiger partial charge < -0.3 is 10.1 Å². The monoisotopic (exact) mass is 216 g/mol. The van der Waals surface area contributed by atoms with Crippen molar-refractivity contribution < 1.29 is 5.11 Å². The predicted molar refractivity (Wildman–Crippen MR) is 63.5 cm³/mol. The van der Waals surface area contributed by atoms with Gasteiger partial charge in [-0.1, -0.05) is 13.0 Å². The summed E-state index contributed by atoms with van der Waals surface area (Å²) in [6.45, 7) is 2.15. The number of aryl methyl sites for hydroxylation is 1. The molecule has 84 valence electrons. The van der Waals surface area contributed by atoms with Gasteiger partial charge in [0.25, 0.3) is 0 Å². The molecule has 2 N–H and O–H groups in total. The Hall–Kier alpha value is -1.35. The minimum Gasteiger partial charge on any atom is -0.393 e. The number of nitrogens with one attached hydrogen (secondary N) is 1. The van der Waals surface area contributed by atoms with Crippen LogP contribution in [0.5, 0.6) is 0 Å². The van der Waals surface area contributed by atoms with E-state index in [1.54, 1.807) is 0 Å². The highest BCUT2D eigenvalue weighted by atomic mass is 16.3. The van der Waals surface area contributed by atoms with Crippen LogP contribution in [0, 0.1) is 0 Å². The Bertz CT molecular complexity index is 512. The minimum atomic E-state index is -0.121. The Morgan fingerprint density at radius 1 is 1.44 bits per heavy atom. The summed E-state index contributed by atoms with van der Waals surface area (Å²) >= 11 is 0. The molecule has 1 heterocycles. The number of nitrogens with zero attached hydrogens (tertiary/aromatic N) is 1.